The molecule has 6 heteroatoms. The second kappa shape index (κ2) is 5.69. The first-order valence-corrected chi connectivity index (χ1v) is 9.01. The van der Waals surface area contributed by atoms with Gasteiger partial charge in [0.15, 0.2) is 6.29 Å². The molecular formula is C17H24O6. The summed E-state index contributed by atoms with van der Waals surface area (Å²) in [7, 11) is 0. The largest absolute Gasteiger partial charge is 0.463 e. The van der Waals surface area contributed by atoms with E-state index in [9.17, 15) is 4.79 Å². The summed E-state index contributed by atoms with van der Waals surface area (Å²) in [6.07, 6.45) is 7.30. The lowest BCUT2D eigenvalue weighted by atomic mass is 9.89. The lowest BCUT2D eigenvalue weighted by Crippen LogP contribution is -2.30. The highest BCUT2D eigenvalue weighted by atomic mass is 16.7. The predicted molar refractivity (Wildman–Crippen MR) is 77.6 cm³/mol. The number of hydrogen-bond acceptors (Lipinski definition) is 6. The Morgan fingerprint density at radius 1 is 0.913 bits per heavy atom. The van der Waals surface area contributed by atoms with E-state index in [1.165, 1.54) is 0 Å². The third kappa shape index (κ3) is 3.02. The van der Waals surface area contributed by atoms with Crippen LogP contribution in [0.25, 0.3) is 0 Å². The van der Waals surface area contributed by atoms with Crippen LogP contribution < -0.4 is 0 Å². The van der Waals surface area contributed by atoms with Gasteiger partial charge in [-0.25, -0.2) is 0 Å². The molecule has 3 aliphatic heterocycles. The van der Waals surface area contributed by atoms with E-state index in [4.69, 9.17) is 23.7 Å². The minimum atomic E-state index is -0.154. The molecule has 23 heavy (non-hydrogen) atoms. The molecule has 0 aromatic carbocycles. The lowest BCUT2D eigenvalue weighted by Gasteiger charge is -2.24. The molecule has 8 atom stereocenters. The molecule has 128 valence electrons. The number of carbonyl (C=O) groups is 1. The Balaban J connectivity index is 1.06. The van der Waals surface area contributed by atoms with Gasteiger partial charge in [0.2, 0.25) is 0 Å². The molecule has 0 N–H and O–H groups in total. The average molecular weight is 324 g/mol. The van der Waals surface area contributed by atoms with Crippen LogP contribution >= 0.6 is 0 Å². The van der Waals surface area contributed by atoms with Crippen molar-refractivity contribution in [2.45, 2.75) is 75.3 Å². The van der Waals surface area contributed by atoms with Crippen molar-refractivity contribution in [3.63, 3.8) is 0 Å². The number of epoxide rings is 2. The number of fused-ring (bicyclic) bond motifs is 2. The van der Waals surface area contributed by atoms with E-state index in [0.29, 0.717) is 43.5 Å². The Kier molecular flexibility index (Phi) is 3.62. The molecule has 2 saturated carbocycles. The quantitative estimate of drug-likeness (QED) is 0.575. The Morgan fingerprint density at radius 2 is 1.70 bits per heavy atom. The molecule has 6 nitrogen and oxygen atoms in total. The summed E-state index contributed by atoms with van der Waals surface area (Å²) < 4.78 is 28.2. The third-order valence-electron chi connectivity index (χ3n) is 5.95. The maximum Gasteiger partial charge on any atom is 0.309 e. The number of esters is 1. The molecule has 0 amide bonds. The van der Waals surface area contributed by atoms with Crippen LogP contribution in [0.3, 0.4) is 0 Å². The van der Waals surface area contributed by atoms with E-state index in [-0.39, 0.29) is 24.3 Å². The van der Waals surface area contributed by atoms with Gasteiger partial charge in [-0.05, 0) is 38.5 Å². The zero-order valence-corrected chi connectivity index (χ0v) is 13.2. The monoisotopic (exact) mass is 324 g/mol. The standard InChI is InChI=1S/C17H24O6/c18-16(9-1-3-12-14(5-9)22-12)19-7-11-8-20-17(21-11)10-2-4-13-15(6-10)23-13/h9-15,17H,1-8H2. The van der Waals surface area contributed by atoms with Crippen molar-refractivity contribution in [3.05, 3.63) is 0 Å². The summed E-state index contributed by atoms with van der Waals surface area (Å²) in [4.78, 5) is 12.2. The van der Waals surface area contributed by atoms with E-state index in [2.05, 4.69) is 0 Å². The first kappa shape index (κ1) is 14.6. The number of rotatable bonds is 4. The van der Waals surface area contributed by atoms with Crippen molar-refractivity contribution >= 4 is 5.97 Å². The van der Waals surface area contributed by atoms with Crippen LogP contribution in [0, 0.1) is 11.8 Å². The van der Waals surface area contributed by atoms with Gasteiger partial charge < -0.3 is 23.7 Å². The molecule has 0 aromatic heterocycles. The number of ether oxygens (including phenoxy) is 5. The van der Waals surface area contributed by atoms with Gasteiger partial charge in [0, 0.05) is 5.92 Å². The molecule has 0 bridgehead atoms. The van der Waals surface area contributed by atoms with E-state index >= 15 is 0 Å². The third-order valence-corrected chi connectivity index (χ3v) is 5.95. The van der Waals surface area contributed by atoms with E-state index < -0.39 is 0 Å². The molecule has 2 aliphatic carbocycles. The molecule has 0 spiro atoms. The fraction of sp³-hybridized carbons (Fsp3) is 0.941. The maximum absolute atomic E-state index is 12.2. The van der Waals surface area contributed by atoms with Crippen LogP contribution in [0.1, 0.15) is 38.5 Å². The number of carbonyl (C=O) groups excluding carboxylic acids is 1. The summed E-state index contributed by atoms with van der Waals surface area (Å²) in [6.45, 7) is 0.817. The van der Waals surface area contributed by atoms with Crippen LogP contribution in [-0.2, 0) is 28.5 Å². The second-order valence-corrected chi connectivity index (χ2v) is 7.60. The van der Waals surface area contributed by atoms with Gasteiger partial charge in [0.05, 0.1) is 36.9 Å². The first-order valence-electron chi connectivity index (χ1n) is 9.01. The topological polar surface area (TPSA) is 69.8 Å². The molecule has 5 rings (SSSR count). The highest BCUT2D eigenvalue weighted by Crippen LogP contribution is 2.42. The molecule has 0 aromatic rings. The van der Waals surface area contributed by atoms with Crippen LogP contribution in [0.2, 0.25) is 0 Å². The van der Waals surface area contributed by atoms with Gasteiger partial charge in [0.25, 0.3) is 0 Å². The van der Waals surface area contributed by atoms with Gasteiger partial charge in [-0.15, -0.1) is 0 Å². The predicted octanol–water partition coefficient (Wildman–Crippen LogP) is 1.41. The van der Waals surface area contributed by atoms with Crippen LogP contribution in [0.5, 0.6) is 0 Å². The zero-order chi connectivity index (χ0) is 15.4. The van der Waals surface area contributed by atoms with E-state index in [1.807, 2.05) is 0 Å². The van der Waals surface area contributed by atoms with Gasteiger partial charge in [0.1, 0.15) is 12.7 Å². The molecular weight excluding hydrogens is 300 g/mol. The van der Waals surface area contributed by atoms with E-state index in [1.54, 1.807) is 0 Å². The molecule has 5 aliphatic rings. The second-order valence-electron chi connectivity index (χ2n) is 7.60. The average Bonchev–Trinajstić information content (AvgIpc) is 3.47. The Hall–Kier alpha value is -0.690. The molecule has 3 saturated heterocycles. The highest BCUT2D eigenvalue weighted by Gasteiger charge is 2.48. The fourth-order valence-electron chi connectivity index (χ4n) is 4.40. The van der Waals surface area contributed by atoms with Crippen LogP contribution in [0.15, 0.2) is 0 Å². The van der Waals surface area contributed by atoms with Crippen molar-refractivity contribution in [3.8, 4) is 0 Å². The zero-order valence-electron chi connectivity index (χ0n) is 13.2. The highest BCUT2D eigenvalue weighted by molar-refractivity contribution is 5.72. The summed E-state index contributed by atoms with van der Waals surface area (Å²) >= 11 is 0. The smallest absolute Gasteiger partial charge is 0.309 e. The molecule has 0 radical (unpaired) electrons. The Bertz CT molecular complexity index is 482. The summed E-state index contributed by atoms with van der Waals surface area (Å²) in [5.74, 6) is 0.318. The normalized spacial score (nSPS) is 50.8. The van der Waals surface area contributed by atoms with Crippen molar-refractivity contribution in [1.82, 2.24) is 0 Å². The van der Waals surface area contributed by atoms with Crippen LogP contribution in [-0.4, -0.2) is 56.0 Å². The van der Waals surface area contributed by atoms with Gasteiger partial charge in [-0.2, -0.15) is 0 Å². The Morgan fingerprint density at radius 3 is 2.48 bits per heavy atom. The van der Waals surface area contributed by atoms with Crippen molar-refractivity contribution < 1.29 is 28.5 Å². The van der Waals surface area contributed by atoms with Crippen molar-refractivity contribution in [2.24, 2.45) is 11.8 Å². The van der Waals surface area contributed by atoms with Gasteiger partial charge >= 0.3 is 5.97 Å². The lowest BCUT2D eigenvalue weighted by molar-refractivity contribution is -0.155. The molecule has 8 unspecified atom stereocenters. The summed E-state index contributed by atoms with van der Waals surface area (Å²) in [6, 6.07) is 0. The summed E-state index contributed by atoms with van der Waals surface area (Å²) in [5.41, 5.74) is 0. The van der Waals surface area contributed by atoms with Crippen molar-refractivity contribution in [1.29, 1.82) is 0 Å². The van der Waals surface area contributed by atoms with E-state index in [0.717, 1.165) is 38.5 Å². The van der Waals surface area contributed by atoms with Gasteiger partial charge in [-0.3, -0.25) is 4.79 Å². The van der Waals surface area contributed by atoms with Gasteiger partial charge in [-0.1, -0.05) is 0 Å². The first-order chi connectivity index (χ1) is 11.3. The van der Waals surface area contributed by atoms with Crippen LogP contribution in [0.4, 0.5) is 0 Å². The fourth-order valence-corrected chi connectivity index (χ4v) is 4.40. The summed E-state index contributed by atoms with van der Waals surface area (Å²) in [5, 5.41) is 0. The number of hydrogen-bond donors (Lipinski definition) is 0. The minimum absolute atomic E-state index is 0.000776. The SMILES string of the molecule is O=C(OCC1COC(C2CCC3OC3C2)O1)C1CCC2OC2C1. The maximum atomic E-state index is 12.2. The minimum Gasteiger partial charge on any atom is -0.463 e. The Labute approximate surface area is 135 Å². The van der Waals surface area contributed by atoms with Crippen molar-refractivity contribution in [2.75, 3.05) is 13.2 Å². The molecule has 5 fully saturated rings. The molecule has 3 heterocycles.